The van der Waals surface area contributed by atoms with Crippen molar-refractivity contribution in [3.8, 4) is 6.07 Å². The molecule has 0 bridgehead atoms. The lowest BCUT2D eigenvalue weighted by atomic mass is 9.80. The monoisotopic (exact) mass is 278 g/mol. The molecule has 1 aliphatic rings. The summed E-state index contributed by atoms with van der Waals surface area (Å²) >= 11 is 3.40. The summed E-state index contributed by atoms with van der Waals surface area (Å²) in [6, 6.07) is 8.52. The fourth-order valence-electron chi connectivity index (χ4n) is 2.06. The Morgan fingerprint density at radius 1 is 1.50 bits per heavy atom. The number of nitrogens with one attached hydrogen (secondary N) is 1. The maximum absolute atomic E-state index is 9.10. The smallest absolute Gasteiger partial charge is 0.103 e. The number of halogens is 1. The summed E-state index contributed by atoms with van der Waals surface area (Å²) in [4.78, 5) is 0. The first-order chi connectivity index (χ1) is 7.72. The van der Waals surface area contributed by atoms with Crippen molar-refractivity contribution in [1.29, 1.82) is 5.26 Å². The van der Waals surface area contributed by atoms with Crippen LogP contribution in [0.1, 0.15) is 31.7 Å². The summed E-state index contributed by atoms with van der Waals surface area (Å²) in [5.74, 6) is 0.769. The second-order valence-electron chi connectivity index (χ2n) is 4.40. The topological polar surface area (TPSA) is 35.8 Å². The van der Waals surface area contributed by atoms with Gasteiger partial charge in [-0.2, -0.15) is 5.26 Å². The molecular formula is C13H15BrN2. The van der Waals surface area contributed by atoms with E-state index in [4.69, 9.17) is 5.26 Å². The van der Waals surface area contributed by atoms with Crippen LogP contribution >= 0.6 is 15.9 Å². The highest BCUT2D eigenvalue weighted by Crippen LogP contribution is 2.32. The molecular weight excluding hydrogens is 264 g/mol. The van der Waals surface area contributed by atoms with Crippen LogP contribution in [0, 0.1) is 17.2 Å². The third-order valence-electron chi connectivity index (χ3n) is 3.37. The Bertz CT molecular complexity index is 418. The Hall–Kier alpha value is -1.01. The van der Waals surface area contributed by atoms with Gasteiger partial charge in [-0.15, -0.1) is 0 Å². The van der Waals surface area contributed by atoms with Gasteiger partial charge in [0.1, 0.15) is 6.07 Å². The van der Waals surface area contributed by atoms with Gasteiger partial charge in [-0.05, 0) is 53.7 Å². The first-order valence-corrected chi connectivity index (χ1v) is 6.47. The zero-order valence-electron chi connectivity index (χ0n) is 9.33. The second-order valence-corrected chi connectivity index (χ2v) is 5.25. The van der Waals surface area contributed by atoms with E-state index in [0.717, 1.165) is 16.1 Å². The minimum Gasteiger partial charge on any atom is -0.381 e. The molecule has 1 aromatic carbocycles. The highest BCUT2D eigenvalue weighted by molar-refractivity contribution is 9.10. The van der Waals surface area contributed by atoms with Crippen LogP contribution in [0.2, 0.25) is 0 Å². The van der Waals surface area contributed by atoms with Gasteiger partial charge in [-0.25, -0.2) is 0 Å². The molecule has 1 aromatic rings. The molecule has 1 atom stereocenters. The van der Waals surface area contributed by atoms with E-state index in [9.17, 15) is 0 Å². The molecule has 2 nitrogen and oxygen atoms in total. The molecule has 0 amide bonds. The van der Waals surface area contributed by atoms with Crippen molar-refractivity contribution >= 4 is 21.6 Å². The maximum atomic E-state index is 9.10. The molecule has 0 radical (unpaired) electrons. The van der Waals surface area contributed by atoms with Crippen molar-refractivity contribution in [2.75, 3.05) is 5.32 Å². The summed E-state index contributed by atoms with van der Waals surface area (Å²) in [6.07, 6.45) is 3.97. The van der Waals surface area contributed by atoms with E-state index in [-0.39, 0.29) is 0 Å². The summed E-state index contributed by atoms with van der Waals surface area (Å²) in [5.41, 5.74) is 1.64. The Labute approximate surface area is 105 Å². The van der Waals surface area contributed by atoms with Gasteiger partial charge in [0, 0.05) is 10.5 Å². The van der Waals surface area contributed by atoms with Gasteiger partial charge in [0.05, 0.1) is 11.3 Å². The minimum absolute atomic E-state index is 0.454. The van der Waals surface area contributed by atoms with Crippen LogP contribution in [-0.2, 0) is 0 Å². The molecule has 3 heteroatoms. The highest BCUT2D eigenvalue weighted by atomic mass is 79.9. The Kier molecular flexibility index (Phi) is 3.50. The largest absolute Gasteiger partial charge is 0.381 e. The molecule has 1 unspecified atom stereocenters. The molecule has 0 saturated heterocycles. The molecule has 0 heterocycles. The van der Waals surface area contributed by atoms with E-state index in [1.54, 1.807) is 0 Å². The Morgan fingerprint density at radius 3 is 2.81 bits per heavy atom. The van der Waals surface area contributed by atoms with Crippen LogP contribution in [0.5, 0.6) is 0 Å². The lowest BCUT2D eigenvalue weighted by Crippen LogP contribution is -2.31. The quantitative estimate of drug-likeness (QED) is 0.910. The second kappa shape index (κ2) is 4.88. The summed E-state index contributed by atoms with van der Waals surface area (Å²) in [5, 5.41) is 12.6. The van der Waals surface area contributed by atoms with Crippen LogP contribution in [0.25, 0.3) is 0 Å². The average molecular weight is 279 g/mol. The SMILES string of the molecule is CC(Nc1cccc(Br)c1C#N)C1CCC1. The lowest BCUT2D eigenvalue weighted by Gasteiger charge is -2.32. The van der Waals surface area contributed by atoms with Crippen molar-refractivity contribution in [3.05, 3.63) is 28.2 Å². The zero-order valence-corrected chi connectivity index (χ0v) is 10.9. The average Bonchev–Trinajstić information content (AvgIpc) is 2.15. The summed E-state index contributed by atoms with van der Waals surface area (Å²) in [6.45, 7) is 2.20. The predicted molar refractivity (Wildman–Crippen MR) is 69.3 cm³/mol. The minimum atomic E-state index is 0.454. The molecule has 1 fully saturated rings. The summed E-state index contributed by atoms with van der Waals surface area (Å²) < 4.78 is 0.862. The Morgan fingerprint density at radius 2 is 2.25 bits per heavy atom. The number of benzene rings is 1. The van der Waals surface area contributed by atoms with Crippen LogP contribution in [0.4, 0.5) is 5.69 Å². The van der Waals surface area contributed by atoms with E-state index in [1.165, 1.54) is 19.3 Å². The van der Waals surface area contributed by atoms with Crippen molar-refractivity contribution in [2.45, 2.75) is 32.2 Å². The molecule has 0 spiro atoms. The number of hydrogen-bond donors (Lipinski definition) is 1. The standard InChI is InChI=1S/C13H15BrN2/c1-9(10-4-2-5-10)16-13-7-3-6-12(14)11(13)8-15/h3,6-7,9-10,16H,2,4-5H2,1H3. The fraction of sp³-hybridized carbons (Fsp3) is 0.462. The van der Waals surface area contributed by atoms with E-state index < -0.39 is 0 Å². The van der Waals surface area contributed by atoms with Crippen molar-refractivity contribution in [2.24, 2.45) is 5.92 Å². The number of nitriles is 1. The molecule has 2 rings (SSSR count). The molecule has 1 saturated carbocycles. The normalized spacial score (nSPS) is 17.3. The van der Waals surface area contributed by atoms with Gasteiger partial charge >= 0.3 is 0 Å². The molecule has 0 aromatic heterocycles. The molecule has 1 N–H and O–H groups in total. The number of nitrogens with zero attached hydrogens (tertiary/aromatic N) is 1. The first kappa shape index (κ1) is 11.5. The van der Waals surface area contributed by atoms with Crippen LogP contribution in [-0.4, -0.2) is 6.04 Å². The van der Waals surface area contributed by atoms with Gasteiger partial charge in [0.2, 0.25) is 0 Å². The number of hydrogen-bond acceptors (Lipinski definition) is 2. The molecule has 1 aliphatic carbocycles. The van der Waals surface area contributed by atoms with E-state index in [2.05, 4.69) is 34.2 Å². The van der Waals surface area contributed by atoms with E-state index >= 15 is 0 Å². The summed E-state index contributed by atoms with van der Waals surface area (Å²) in [7, 11) is 0. The molecule has 84 valence electrons. The van der Waals surface area contributed by atoms with E-state index in [0.29, 0.717) is 11.6 Å². The molecule has 0 aliphatic heterocycles. The lowest BCUT2D eigenvalue weighted by molar-refractivity contribution is 0.285. The van der Waals surface area contributed by atoms with Gasteiger partial charge < -0.3 is 5.32 Å². The van der Waals surface area contributed by atoms with Crippen LogP contribution < -0.4 is 5.32 Å². The van der Waals surface area contributed by atoms with Crippen molar-refractivity contribution < 1.29 is 0 Å². The van der Waals surface area contributed by atoms with Gasteiger partial charge in [0.25, 0.3) is 0 Å². The predicted octanol–water partition coefficient (Wildman–Crippen LogP) is 3.92. The van der Waals surface area contributed by atoms with E-state index in [1.807, 2.05) is 18.2 Å². The van der Waals surface area contributed by atoms with Gasteiger partial charge in [-0.1, -0.05) is 12.5 Å². The van der Waals surface area contributed by atoms with Crippen LogP contribution in [0.3, 0.4) is 0 Å². The van der Waals surface area contributed by atoms with Gasteiger partial charge in [-0.3, -0.25) is 0 Å². The van der Waals surface area contributed by atoms with Crippen LogP contribution in [0.15, 0.2) is 22.7 Å². The van der Waals surface area contributed by atoms with Crippen molar-refractivity contribution in [3.63, 3.8) is 0 Å². The zero-order chi connectivity index (χ0) is 11.5. The third-order valence-corrected chi connectivity index (χ3v) is 4.03. The first-order valence-electron chi connectivity index (χ1n) is 5.67. The number of anilines is 1. The van der Waals surface area contributed by atoms with Crippen molar-refractivity contribution in [1.82, 2.24) is 0 Å². The highest BCUT2D eigenvalue weighted by Gasteiger charge is 2.24. The molecule has 16 heavy (non-hydrogen) atoms. The third kappa shape index (κ3) is 2.22. The number of rotatable bonds is 3. The van der Waals surface area contributed by atoms with Gasteiger partial charge in [0.15, 0.2) is 0 Å². The Balaban J connectivity index is 2.14. The maximum Gasteiger partial charge on any atom is 0.103 e. The fourth-order valence-corrected chi connectivity index (χ4v) is 2.52.